The number of aliphatic hydroxyl groups is 1. The molecule has 0 aliphatic carbocycles. The average molecular weight is 325 g/mol. The van der Waals surface area contributed by atoms with Gasteiger partial charge in [-0.15, -0.1) is 0 Å². The predicted octanol–water partition coefficient (Wildman–Crippen LogP) is -4.08. The molecule has 0 atom stereocenters. The Bertz CT molecular complexity index is 469. The van der Waals surface area contributed by atoms with Crippen LogP contribution in [-0.2, 0) is 15.6 Å². The number of aromatic nitrogens is 1. The van der Waals surface area contributed by atoms with Crippen LogP contribution in [0.5, 0.6) is 0 Å². The minimum atomic E-state index is -5.41. The van der Waals surface area contributed by atoms with E-state index in [0.717, 1.165) is 6.20 Å². The minimum absolute atomic E-state index is 0. The second-order valence-electron chi connectivity index (χ2n) is 3.40. The summed E-state index contributed by atoms with van der Waals surface area (Å²) in [6, 6.07) is 2.75. The monoisotopic (exact) mass is 325 g/mol. The number of nitrogens with zero attached hydrogens (tertiary/aromatic N) is 1. The summed E-state index contributed by atoms with van der Waals surface area (Å²) in [5.74, 6) is 0. The molecule has 0 radical (unpaired) electrons. The molecule has 1 heterocycles. The SMILES string of the molecule is O.O=P(O)(O)C(O)(Cc1cccnc1)P(=O)(O)O.[H-].[Na+]. The molecule has 0 saturated heterocycles. The van der Waals surface area contributed by atoms with E-state index in [1.807, 2.05) is 0 Å². The van der Waals surface area contributed by atoms with Crippen LogP contribution in [-0.4, -0.2) is 40.2 Å². The van der Waals surface area contributed by atoms with Crippen LogP contribution in [0.2, 0.25) is 0 Å². The smallest absolute Gasteiger partial charge is 1.00 e. The van der Waals surface area contributed by atoms with Gasteiger partial charge in [-0.05, 0) is 11.6 Å². The summed E-state index contributed by atoms with van der Waals surface area (Å²) in [5.41, 5.74) is 0.0988. The molecule has 0 bridgehead atoms. The van der Waals surface area contributed by atoms with Gasteiger partial charge in [0.15, 0.2) is 0 Å². The van der Waals surface area contributed by atoms with Crippen molar-refractivity contribution in [1.82, 2.24) is 4.98 Å². The van der Waals surface area contributed by atoms with Crippen LogP contribution in [0.25, 0.3) is 0 Å². The van der Waals surface area contributed by atoms with E-state index >= 15 is 0 Å². The van der Waals surface area contributed by atoms with Crippen molar-refractivity contribution in [3.63, 3.8) is 0 Å². The molecule has 0 unspecified atom stereocenters. The van der Waals surface area contributed by atoms with E-state index in [-0.39, 0.29) is 42.0 Å². The first-order valence-electron chi connectivity index (χ1n) is 4.30. The first-order valence-corrected chi connectivity index (χ1v) is 7.53. The Morgan fingerprint density at radius 3 is 2.00 bits per heavy atom. The molecule has 0 amide bonds. The Hall–Kier alpha value is 0.370. The Morgan fingerprint density at radius 1 is 1.21 bits per heavy atom. The van der Waals surface area contributed by atoms with Gasteiger partial charge in [-0.3, -0.25) is 14.1 Å². The van der Waals surface area contributed by atoms with Crippen molar-refractivity contribution in [3.05, 3.63) is 30.1 Å². The topological polar surface area (TPSA) is 180 Å². The summed E-state index contributed by atoms with van der Waals surface area (Å²) in [7, 11) is -10.8. The van der Waals surface area contributed by atoms with E-state index in [1.165, 1.54) is 18.3 Å². The van der Waals surface area contributed by atoms with E-state index in [4.69, 9.17) is 19.6 Å². The van der Waals surface area contributed by atoms with E-state index in [1.54, 1.807) is 0 Å². The Morgan fingerprint density at radius 2 is 1.68 bits per heavy atom. The van der Waals surface area contributed by atoms with Crippen LogP contribution in [0.3, 0.4) is 0 Å². The van der Waals surface area contributed by atoms with Gasteiger partial charge < -0.3 is 31.6 Å². The molecule has 12 heteroatoms. The van der Waals surface area contributed by atoms with Gasteiger partial charge in [0.1, 0.15) is 0 Å². The van der Waals surface area contributed by atoms with Gasteiger partial charge in [-0.1, -0.05) is 6.07 Å². The molecular formula is C7H14NNaO8P2. The van der Waals surface area contributed by atoms with Crippen LogP contribution in [0.15, 0.2) is 24.5 Å². The van der Waals surface area contributed by atoms with Crippen molar-refractivity contribution in [2.75, 3.05) is 0 Å². The molecule has 19 heavy (non-hydrogen) atoms. The van der Waals surface area contributed by atoms with Crippen molar-refractivity contribution >= 4 is 15.2 Å². The number of hydrogen-bond acceptors (Lipinski definition) is 4. The number of pyridine rings is 1. The van der Waals surface area contributed by atoms with Crippen molar-refractivity contribution in [3.8, 4) is 0 Å². The van der Waals surface area contributed by atoms with Crippen LogP contribution in [0.4, 0.5) is 0 Å². The zero-order chi connectivity index (χ0) is 13.3. The van der Waals surface area contributed by atoms with Crippen molar-refractivity contribution < 1.29 is 70.3 Å². The van der Waals surface area contributed by atoms with E-state index < -0.39 is 26.7 Å². The van der Waals surface area contributed by atoms with Crippen molar-refractivity contribution in [1.29, 1.82) is 0 Å². The maximum absolute atomic E-state index is 11.0. The molecular weight excluding hydrogens is 311 g/mol. The Kier molecular flexibility index (Phi) is 8.44. The van der Waals surface area contributed by atoms with Gasteiger partial charge in [-0.25, -0.2) is 0 Å². The second kappa shape index (κ2) is 7.40. The maximum Gasteiger partial charge on any atom is 1.00 e. The molecule has 9 nitrogen and oxygen atoms in total. The number of rotatable bonds is 4. The molecule has 0 aliphatic rings. The fraction of sp³-hybridized carbons (Fsp3) is 0.286. The normalized spacial score (nSPS) is 12.3. The zero-order valence-electron chi connectivity index (χ0n) is 10.9. The summed E-state index contributed by atoms with van der Waals surface area (Å²) in [5, 5.41) is 6.16. The van der Waals surface area contributed by atoms with Gasteiger partial charge in [0.25, 0.3) is 5.08 Å². The molecule has 0 saturated carbocycles. The third-order valence-electron chi connectivity index (χ3n) is 2.10. The van der Waals surface area contributed by atoms with Gasteiger partial charge in [0.2, 0.25) is 0 Å². The van der Waals surface area contributed by atoms with Crippen LogP contribution in [0, 0.1) is 0 Å². The van der Waals surface area contributed by atoms with Gasteiger partial charge >= 0.3 is 44.7 Å². The third kappa shape index (κ3) is 5.00. The Balaban J connectivity index is -0.000000963. The van der Waals surface area contributed by atoms with E-state index in [0.29, 0.717) is 0 Å². The molecule has 0 aliphatic heterocycles. The standard InChI is InChI=1S/C7H11NO7P2.Na.H2O.H/c9-7(16(10,11)12,17(13,14)15)4-6-2-1-3-8-5-6;;;/h1-3,5,9H,4H2,(H2,10,11,12)(H2,13,14,15);;1H2;/q;+1;;-1. The second-order valence-corrected chi connectivity index (χ2v) is 7.41. The molecule has 0 aromatic carbocycles. The summed E-state index contributed by atoms with van der Waals surface area (Å²) in [4.78, 5) is 39.1. The summed E-state index contributed by atoms with van der Waals surface area (Å²) >= 11 is 0. The number of hydrogen-bond donors (Lipinski definition) is 5. The molecule has 1 aromatic rings. The van der Waals surface area contributed by atoms with E-state index in [9.17, 15) is 14.2 Å². The largest absolute Gasteiger partial charge is 1.00 e. The van der Waals surface area contributed by atoms with Crippen LogP contribution in [0.1, 0.15) is 6.99 Å². The van der Waals surface area contributed by atoms with Gasteiger partial charge in [-0.2, -0.15) is 0 Å². The fourth-order valence-electron chi connectivity index (χ4n) is 1.15. The third-order valence-corrected chi connectivity index (χ3v) is 5.84. The van der Waals surface area contributed by atoms with Crippen molar-refractivity contribution in [2.24, 2.45) is 0 Å². The summed E-state index contributed by atoms with van der Waals surface area (Å²) < 4.78 is 22.1. The minimum Gasteiger partial charge on any atom is -1.00 e. The predicted molar refractivity (Wildman–Crippen MR) is 61.7 cm³/mol. The summed E-state index contributed by atoms with van der Waals surface area (Å²) in [6.45, 7) is 0. The molecule has 0 spiro atoms. The van der Waals surface area contributed by atoms with E-state index in [2.05, 4.69) is 4.98 Å². The van der Waals surface area contributed by atoms with Gasteiger partial charge in [0, 0.05) is 18.8 Å². The summed E-state index contributed by atoms with van der Waals surface area (Å²) in [6.07, 6.45) is 1.63. The van der Waals surface area contributed by atoms with Gasteiger partial charge in [0.05, 0.1) is 0 Å². The molecule has 7 N–H and O–H groups in total. The molecule has 1 aromatic heterocycles. The quantitative estimate of drug-likeness (QED) is 0.274. The molecule has 106 valence electrons. The Labute approximate surface area is 132 Å². The van der Waals surface area contributed by atoms with Crippen LogP contribution < -0.4 is 29.6 Å². The van der Waals surface area contributed by atoms with Crippen molar-refractivity contribution in [2.45, 2.75) is 11.5 Å². The average Bonchev–Trinajstić information content (AvgIpc) is 2.15. The van der Waals surface area contributed by atoms with Crippen LogP contribution >= 0.6 is 15.2 Å². The fourth-order valence-corrected chi connectivity index (χ4v) is 3.29. The first kappa shape index (κ1) is 21.7. The molecule has 0 fully saturated rings. The maximum atomic E-state index is 11.0. The first-order chi connectivity index (χ1) is 7.58. The molecule has 1 rings (SSSR count). The zero-order valence-corrected chi connectivity index (χ0v) is 13.7.